The number of nitrogens with zero attached hydrogens (tertiary/aromatic N) is 2. The van der Waals surface area contributed by atoms with Crippen molar-refractivity contribution >= 4 is 35.0 Å². The smallest absolute Gasteiger partial charge is 0.242 e. The van der Waals surface area contributed by atoms with Crippen molar-refractivity contribution in [3.8, 4) is 0 Å². The molecule has 22 heavy (non-hydrogen) atoms. The Labute approximate surface area is 140 Å². The topological polar surface area (TPSA) is 49.9 Å². The molecule has 7 heteroatoms. The van der Waals surface area contributed by atoms with Gasteiger partial charge in [-0.25, -0.2) is 0 Å². The molecule has 2 heterocycles. The summed E-state index contributed by atoms with van der Waals surface area (Å²) in [5.74, 6) is -0.490. The molecule has 2 aliphatic heterocycles. The number of hydrogen-bond acceptors (Lipinski definition) is 3. The van der Waals surface area contributed by atoms with Crippen LogP contribution in [0.15, 0.2) is 0 Å². The molecule has 1 saturated carbocycles. The number of carbonyl (C=O) groups excluding carboxylic acids is 2. The fraction of sp³-hybridized carbons (Fsp3) is 0.867. The van der Waals surface area contributed by atoms with Crippen LogP contribution < -0.4 is 0 Å². The van der Waals surface area contributed by atoms with Gasteiger partial charge in [0.1, 0.15) is 4.33 Å². The summed E-state index contributed by atoms with van der Waals surface area (Å²) in [6, 6.07) is 0. The normalized spacial score (nSPS) is 29.6. The lowest BCUT2D eigenvalue weighted by Gasteiger charge is -2.27. The second kappa shape index (κ2) is 6.54. The molecule has 5 nitrogen and oxygen atoms in total. The van der Waals surface area contributed by atoms with Gasteiger partial charge < -0.3 is 14.5 Å². The lowest BCUT2D eigenvalue weighted by molar-refractivity contribution is -0.142. The van der Waals surface area contributed by atoms with Gasteiger partial charge in [0.05, 0.1) is 18.6 Å². The number of hydrogen-bond donors (Lipinski definition) is 0. The van der Waals surface area contributed by atoms with Crippen molar-refractivity contribution in [1.29, 1.82) is 0 Å². The van der Waals surface area contributed by atoms with Gasteiger partial charge in [-0.15, -0.1) is 23.2 Å². The summed E-state index contributed by atoms with van der Waals surface area (Å²) in [5.41, 5.74) is 0. The van der Waals surface area contributed by atoms with Crippen LogP contribution >= 0.6 is 23.2 Å². The van der Waals surface area contributed by atoms with Crippen LogP contribution in [0.4, 0.5) is 0 Å². The molecule has 124 valence electrons. The minimum Gasteiger partial charge on any atom is -0.376 e. The number of rotatable bonds is 5. The van der Waals surface area contributed by atoms with E-state index in [9.17, 15) is 9.59 Å². The molecule has 2 amide bonds. The summed E-state index contributed by atoms with van der Waals surface area (Å²) in [6.07, 6.45) is 4.51. The van der Waals surface area contributed by atoms with Crippen molar-refractivity contribution in [1.82, 2.24) is 9.80 Å². The number of carbonyl (C=O) groups is 2. The van der Waals surface area contributed by atoms with E-state index >= 15 is 0 Å². The van der Waals surface area contributed by atoms with E-state index in [0.717, 1.165) is 45.4 Å². The summed E-state index contributed by atoms with van der Waals surface area (Å²) in [7, 11) is 0. The van der Waals surface area contributed by atoms with Crippen molar-refractivity contribution < 1.29 is 14.3 Å². The predicted molar refractivity (Wildman–Crippen MR) is 83.9 cm³/mol. The summed E-state index contributed by atoms with van der Waals surface area (Å²) < 4.78 is 4.65. The Bertz CT molecular complexity index is 446. The lowest BCUT2D eigenvalue weighted by Crippen LogP contribution is -2.46. The van der Waals surface area contributed by atoms with E-state index in [1.54, 1.807) is 4.90 Å². The average Bonchev–Trinajstić information content (AvgIpc) is 2.97. The van der Waals surface area contributed by atoms with Crippen LogP contribution in [0.3, 0.4) is 0 Å². The van der Waals surface area contributed by atoms with Gasteiger partial charge in [0, 0.05) is 26.2 Å². The average molecular weight is 349 g/mol. The first-order valence-corrected chi connectivity index (χ1v) is 8.79. The molecule has 0 aromatic rings. The van der Waals surface area contributed by atoms with Gasteiger partial charge in [-0.3, -0.25) is 9.59 Å². The second-order valence-corrected chi connectivity index (χ2v) is 8.00. The Morgan fingerprint density at radius 3 is 2.45 bits per heavy atom. The fourth-order valence-corrected chi connectivity index (χ4v) is 3.69. The quantitative estimate of drug-likeness (QED) is 0.712. The van der Waals surface area contributed by atoms with Crippen molar-refractivity contribution in [2.45, 2.75) is 42.5 Å². The van der Waals surface area contributed by atoms with E-state index in [2.05, 4.69) is 0 Å². The van der Waals surface area contributed by atoms with E-state index in [4.69, 9.17) is 27.9 Å². The maximum Gasteiger partial charge on any atom is 0.242 e. The van der Waals surface area contributed by atoms with E-state index in [0.29, 0.717) is 13.0 Å². The van der Waals surface area contributed by atoms with Crippen LogP contribution in [0, 0.1) is 5.92 Å². The van der Waals surface area contributed by atoms with E-state index in [1.165, 1.54) is 0 Å². The fourth-order valence-electron chi connectivity index (χ4n) is 3.20. The third-order valence-corrected chi connectivity index (χ3v) is 5.50. The predicted octanol–water partition coefficient (Wildman–Crippen LogP) is 1.81. The van der Waals surface area contributed by atoms with Gasteiger partial charge in [0.15, 0.2) is 0 Å². The molecule has 1 aliphatic carbocycles. The van der Waals surface area contributed by atoms with Crippen LogP contribution in [0.1, 0.15) is 32.1 Å². The maximum absolute atomic E-state index is 12.6. The minimum absolute atomic E-state index is 0.0132. The molecule has 0 unspecified atom stereocenters. The molecule has 3 aliphatic rings. The molecule has 0 N–H and O–H groups in total. The van der Waals surface area contributed by atoms with Crippen LogP contribution in [-0.2, 0) is 14.3 Å². The Morgan fingerprint density at radius 2 is 1.91 bits per heavy atom. The lowest BCUT2D eigenvalue weighted by atomic mass is 10.2. The highest BCUT2D eigenvalue weighted by Crippen LogP contribution is 2.53. The Morgan fingerprint density at radius 1 is 1.23 bits per heavy atom. The Hall–Kier alpha value is -0.520. The molecule has 3 rings (SSSR count). The monoisotopic (exact) mass is 348 g/mol. The molecular formula is C15H22Cl2N2O3. The van der Waals surface area contributed by atoms with Crippen molar-refractivity contribution in [3.63, 3.8) is 0 Å². The first-order chi connectivity index (χ1) is 10.5. The number of halogens is 2. The zero-order valence-corrected chi connectivity index (χ0v) is 14.1. The van der Waals surface area contributed by atoms with Gasteiger partial charge in [-0.2, -0.15) is 0 Å². The zero-order chi connectivity index (χ0) is 15.7. The van der Waals surface area contributed by atoms with E-state index in [-0.39, 0.29) is 30.4 Å². The summed E-state index contributed by atoms with van der Waals surface area (Å²) in [4.78, 5) is 28.4. The van der Waals surface area contributed by atoms with Gasteiger partial charge in [0.25, 0.3) is 0 Å². The van der Waals surface area contributed by atoms with Gasteiger partial charge >= 0.3 is 0 Å². The van der Waals surface area contributed by atoms with Crippen LogP contribution in [0.5, 0.6) is 0 Å². The number of amides is 2. The second-order valence-electron chi connectivity index (χ2n) is 6.46. The molecule has 2 saturated heterocycles. The van der Waals surface area contributed by atoms with Crippen LogP contribution in [0.25, 0.3) is 0 Å². The van der Waals surface area contributed by atoms with Crippen LogP contribution in [0.2, 0.25) is 0 Å². The molecule has 0 radical (unpaired) electrons. The molecule has 0 bridgehead atoms. The zero-order valence-electron chi connectivity index (χ0n) is 12.6. The highest BCUT2D eigenvalue weighted by molar-refractivity contribution is 6.52. The van der Waals surface area contributed by atoms with Crippen molar-refractivity contribution in [2.75, 3.05) is 32.8 Å². The molecule has 0 spiro atoms. The Kier molecular flexibility index (Phi) is 4.86. The summed E-state index contributed by atoms with van der Waals surface area (Å²) in [5, 5.41) is 0. The first kappa shape index (κ1) is 16.3. The summed E-state index contributed by atoms with van der Waals surface area (Å²) >= 11 is 12.0. The van der Waals surface area contributed by atoms with E-state index < -0.39 is 4.33 Å². The van der Waals surface area contributed by atoms with Crippen molar-refractivity contribution in [2.24, 2.45) is 5.92 Å². The standard InChI is InChI=1S/C15H22Cl2N2O3/c16-15(17)8-12(15)14(21)19(9-11-4-3-7-22-11)10-13(20)18-5-1-2-6-18/h11-12H,1-10H2/t11-,12-/m0/s1. The largest absolute Gasteiger partial charge is 0.376 e. The number of ether oxygens (including phenoxy) is 1. The number of likely N-dealkylation sites (tertiary alicyclic amines) is 1. The highest BCUT2D eigenvalue weighted by atomic mass is 35.5. The summed E-state index contributed by atoms with van der Waals surface area (Å²) in [6.45, 7) is 2.88. The number of alkyl halides is 2. The van der Waals surface area contributed by atoms with Gasteiger partial charge in [-0.05, 0) is 32.1 Å². The highest BCUT2D eigenvalue weighted by Gasteiger charge is 2.57. The van der Waals surface area contributed by atoms with E-state index in [1.807, 2.05) is 4.90 Å². The third kappa shape index (κ3) is 3.69. The first-order valence-electron chi connectivity index (χ1n) is 8.03. The molecule has 3 fully saturated rings. The third-order valence-electron chi connectivity index (χ3n) is 4.67. The van der Waals surface area contributed by atoms with Crippen molar-refractivity contribution in [3.05, 3.63) is 0 Å². The molecular weight excluding hydrogens is 327 g/mol. The minimum atomic E-state index is -0.956. The Balaban J connectivity index is 1.62. The maximum atomic E-state index is 12.6. The molecule has 0 aromatic carbocycles. The SMILES string of the molecule is O=C(CN(C[C@@H]1CCCO1)C(=O)[C@@H]1CC1(Cl)Cl)N1CCCC1. The van der Waals surface area contributed by atoms with Gasteiger partial charge in [-0.1, -0.05) is 0 Å². The molecule has 2 atom stereocenters. The van der Waals surface area contributed by atoms with Crippen LogP contribution in [-0.4, -0.2) is 64.8 Å². The van der Waals surface area contributed by atoms with Gasteiger partial charge in [0.2, 0.25) is 11.8 Å². The molecule has 0 aromatic heterocycles.